The minimum atomic E-state index is -4.00. The van der Waals surface area contributed by atoms with E-state index in [0.29, 0.717) is 37.5 Å². The molecule has 1 amide bonds. The second-order valence-electron chi connectivity index (χ2n) is 12.8. The van der Waals surface area contributed by atoms with Crippen molar-refractivity contribution in [1.29, 1.82) is 0 Å². The van der Waals surface area contributed by atoms with E-state index >= 15 is 0 Å². The Kier molecular flexibility index (Phi) is 10.8. The summed E-state index contributed by atoms with van der Waals surface area (Å²) in [6, 6.07) is 18.3. The predicted octanol–water partition coefficient (Wildman–Crippen LogP) is 5.89. The normalized spacial score (nSPS) is 20.6. The zero-order chi connectivity index (χ0) is 33.1. The van der Waals surface area contributed by atoms with Gasteiger partial charge < -0.3 is 14.5 Å². The summed E-state index contributed by atoms with van der Waals surface area (Å²) >= 11 is 12.3. The van der Waals surface area contributed by atoms with Gasteiger partial charge in [-0.3, -0.25) is 14.0 Å². The third-order valence-corrected chi connectivity index (χ3v) is 12.4. The lowest BCUT2D eigenvalue weighted by Gasteiger charge is -2.44. The Morgan fingerprint density at radius 2 is 1.62 bits per heavy atom. The molecule has 2 fully saturated rings. The van der Waals surface area contributed by atoms with Crippen LogP contribution < -0.4 is 4.31 Å². The Balaban J connectivity index is 1.09. The molecular formula is C35H41Cl2FN4O4S. The number of amides is 1. The number of likely N-dealkylation sites (N-methyl/N-ethyl adjacent to an activating group) is 1. The van der Waals surface area contributed by atoms with E-state index in [2.05, 4.69) is 16.8 Å². The van der Waals surface area contributed by atoms with Crippen molar-refractivity contribution in [2.75, 3.05) is 63.8 Å². The number of fused-ring (bicyclic) bond motifs is 1. The molecule has 3 heterocycles. The number of piperazine rings is 1. The summed E-state index contributed by atoms with van der Waals surface area (Å²) < 4.78 is 49.1. The quantitative estimate of drug-likeness (QED) is 0.277. The van der Waals surface area contributed by atoms with Gasteiger partial charge in [-0.1, -0.05) is 53.5 Å². The molecule has 2 unspecified atom stereocenters. The fourth-order valence-corrected chi connectivity index (χ4v) is 9.27. The van der Waals surface area contributed by atoms with Crippen molar-refractivity contribution < 1.29 is 22.3 Å². The summed E-state index contributed by atoms with van der Waals surface area (Å²) in [6.07, 6.45) is 2.93. The van der Waals surface area contributed by atoms with Crippen LogP contribution in [-0.4, -0.2) is 94.6 Å². The van der Waals surface area contributed by atoms with Crippen molar-refractivity contribution in [2.24, 2.45) is 5.92 Å². The van der Waals surface area contributed by atoms with Crippen LogP contribution in [0.2, 0.25) is 10.0 Å². The summed E-state index contributed by atoms with van der Waals surface area (Å²) in [5.41, 5.74) is 2.66. The molecule has 0 N–H and O–H groups in total. The second kappa shape index (κ2) is 14.8. The number of carbonyl (C=O) groups is 1. The summed E-state index contributed by atoms with van der Waals surface area (Å²) in [4.78, 5) is 20.0. The fourth-order valence-electron chi connectivity index (χ4n) is 7.18. The van der Waals surface area contributed by atoms with Crippen LogP contribution in [0.4, 0.5) is 10.1 Å². The van der Waals surface area contributed by atoms with Crippen LogP contribution >= 0.6 is 23.2 Å². The van der Waals surface area contributed by atoms with Crippen molar-refractivity contribution in [3.05, 3.63) is 93.7 Å². The number of piperidine rings is 1. The van der Waals surface area contributed by atoms with Crippen LogP contribution in [0, 0.1) is 11.7 Å². The number of likely N-dealkylation sites (tertiary alicyclic amines) is 1. The smallest absolute Gasteiger partial charge is 0.264 e. The van der Waals surface area contributed by atoms with Gasteiger partial charge in [0.1, 0.15) is 12.4 Å². The Hall–Kier alpha value is -2.73. The molecule has 12 heteroatoms. The fraction of sp³-hybridized carbons (Fsp3) is 0.457. The molecule has 3 aromatic carbocycles. The number of para-hydroxylation sites is 1. The van der Waals surface area contributed by atoms with Gasteiger partial charge in [0, 0.05) is 45.3 Å². The van der Waals surface area contributed by atoms with Gasteiger partial charge in [-0.15, -0.1) is 0 Å². The number of nitrogens with zero attached hydrogens (tertiary/aromatic N) is 4. The van der Waals surface area contributed by atoms with E-state index in [0.717, 1.165) is 50.1 Å². The zero-order valence-electron chi connectivity index (χ0n) is 26.5. The molecule has 0 bridgehead atoms. The standard InChI is InChI=1S/C35H41Cl2FN4O4S/c1-39-18-20-41(21-19-39)35(26-6-9-28(38)10-7-26)27-14-16-40(17-15-27)34(43)24-46-23-29-11-8-25-4-2-3-5-33(25)42(29)47(44,45)30-12-13-31(36)32(37)22-30/h2-7,9-10,12-13,22,27,29,35H,8,11,14-21,23-24H2,1H3. The lowest BCUT2D eigenvalue weighted by Crippen LogP contribution is -2.50. The number of rotatable bonds is 9. The highest BCUT2D eigenvalue weighted by Gasteiger charge is 2.37. The van der Waals surface area contributed by atoms with Gasteiger partial charge in [0.2, 0.25) is 5.91 Å². The number of anilines is 1. The topological polar surface area (TPSA) is 73.4 Å². The second-order valence-corrected chi connectivity index (χ2v) is 15.4. The lowest BCUT2D eigenvalue weighted by atomic mass is 9.84. The first kappa shape index (κ1) is 34.1. The van der Waals surface area contributed by atoms with Crippen molar-refractivity contribution in [1.82, 2.24) is 14.7 Å². The molecule has 8 nitrogen and oxygen atoms in total. The highest BCUT2D eigenvalue weighted by atomic mass is 35.5. The Morgan fingerprint density at radius 1 is 0.915 bits per heavy atom. The van der Waals surface area contributed by atoms with Gasteiger partial charge in [0.15, 0.2) is 0 Å². The molecule has 0 aromatic heterocycles. The van der Waals surface area contributed by atoms with Crippen LogP contribution in [-0.2, 0) is 26.0 Å². The SMILES string of the molecule is CN1CCN(C(c2ccc(F)cc2)C2CCN(C(=O)COCC3CCc4ccccc4N3S(=O)(=O)c3ccc(Cl)c(Cl)c3)CC2)CC1. The molecule has 2 saturated heterocycles. The third kappa shape index (κ3) is 7.63. The monoisotopic (exact) mass is 702 g/mol. The van der Waals surface area contributed by atoms with Gasteiger partial charge in [-0.05, 0) is 86.2 Å². The van der Waals surface area contributed by atoms with E-state index in [1.54, 1.807) is 6.07 Å². The highest BCUT2D eigenvalue weighted by molar-refractivity contribution is 7.92. The molecule has 47 heavy (non-hydrogen) atoms. The summed E-state index contributed by atoms with van der Waals surface area (Å²) in [5, 5.41) is 0.435. The maximum absolute atomic E-state index is 14.0. The first-order chi connectivity index (χ1) is 22.6. The zero-order valence-corrected chi connectivity index (χ0v) is 28.9. The average Bonchev–Trinajstić information content (AvgIpc) is 3.07. The van der Waals surface area contributed by atoms with Crippen LogP contribution in [0.3, 0.4) is 0 Å². The molecular weight excluding hydrogens is 662 g/mol. The minimum Gasteiger partial charge on any atom is -0.369 e. The molecule has 3 aromatic rings. The molecule has 0 saturated carbocycles. The van der Waals surface area contributed by atoms with Crippen LogP contribution in [0.5, 0.6) is 0 Å². The number of carbonyl (C=O) groups excluding carboxylic acids is 1. The van der Waals surface area contributed by atoms with Gasteiger partial charge in [-0.2, -0.15) is 0 Å². The summed E-state index contributed by atoms with van der Waals surface area (Å²) in [6.45, 7) is 5.08. The summed E-state index contributed by atoms with van der Waals surface area (Å²) in [5.74, 6) is 0.00610. The molecule has 252 valence electrons. The van der Waals surface area contributed by atoms with Crippen molar-refractivity contribution >= 4 is 44.8 Å². The molecule has 0 spiro atoms. The number of hydrogen-bond donors (Lipinski definition) is 0. The van der Waals surface area contributed by atoms with Gasteiger partial charge in [0.25, 0.3) is 10.0 Å². The van der Waals surface area contributed by atoms with E-state index in [-0.39, 0.29) is 45.9 Å². The first-order valence-corrected chi connectivity index (χ1v) is 18.4. The van der Waals surface area contributed by atoms with E-state index in [9.17, 15) is 17.6 Å². The number of benzene rings is 3. The Labute approximate surface area is 287 Å². The van der Waals surface area contributed by atoms with Crippen LogP contribution in [0.1, 0.15) is 36.4 Å². The molecule has 6 rings (SSSR count). The molecule has 0 radical (unpaired) electrons. The van der Waals surface area contributed by atoms with Crippen molar-refractivity contribution in [3.63, 3.8) is 0 Å². The van der Waals surface area contributed by atoms with E-state index in [1.807, 2.05) is 35.2 Å². The van der Waals surface area contributed by atoms with Crippen LogP contribution in [0.15, 0.2) is 71.6 Å². The van der Waals surface area contributed by atoms with E-state index in [1.165, 1.54) is 34.6 Å². The van der Waals surface area contributed by atoms with Crippen molar-refractivity contribution in [2.45, 2.75) is 42.7 Å². The Bertz CT molecular complexity index is 1660. The summed E-state index contributed by atoms with van der Waals surface area (Å²) in [7, 11) is -1.87. The van der Waals surface area contributed by atoms with Crippen LogP contribution in [0.25, 0.3) is 0 Å². The van der Waals surface area contributed by atoms with E-state index < -0.39 is 16.1 Å². The largest absolute Gasteiger partial charge is 0.369 e. The molecule has 0 aliphatic carbocycles. The molecule has 2 atom stereocenters. The molecule has 3 aliphatic heterocycles. The number of hydrogen-bond acceptors (Lipinski definition) is 6. The number of aryl methyl sites for hydroxylation is 1. The Morgan fingerprint density at radius 3 is 2.32 bits per heavy atom. The molecule has 3 aliphatic rings. The average molecular weight is 704 g/mol. The van der Waals surface area contributed by atoms with E-state index in [4.69, 9.17) is 27.9 Å². The minimum absolute atomic E-state index is 0.0445. The third-order valence-electron chi connectivity index (χ3n) is 9.77. The number of sulfonamides is 1. The van der Waals surface area contributed by atoms with Gasteiger partial charge in [-0.25, -0.2) is 12.8 Å². The maximum Gasteiger partial charge on any atom is 0.264 e. The lowest BCUT2D eigenvalue weighted by molar-refractivity contribution is -0.138. The number of halogens is 3. The van der Waals surface area contributed by atoms with Gasteiger partial charge >= 0.3 is 0 Å². The number of ether oxygens (including phenoxy) is 1. The highest BCUT2D eigenvalue weighted by Crippen LogP contribution is 2.38. The van der Waals surface area contributed by atoms with Crippen molar-refractivity contribution in [3.8, 4) is 0 Å². The first-order valence-electron chi connectivity index (χ1n) is 16.2. The predicted molar refractivity (Wildman–Crippen MR) is 183 cm³/mol. The van der Waals surface area contributed by atoms with Gasteiger partial charge in [0.05, 0.1) is 33.3 Å². The maximum atomic E-state index is 14.0.